The number of rotatable bonds is 5. The number of carbonyl (C=O) groups is 1. The molecule has 0 fully saturated rings. The Morgan fingerprint density at radius 1 is 1.11 bits per heavy atom. The van der Waals surface area contributed by atoms with Crippen LogP contribution in [0.4, 0.5) is 0 Å². The molecule has 4 rings (SSSR count). The van der Waals surface area contributed by atoms with Gasteiger partial charge < -0.3 is 10.1 Å². The highest BCUT2D eigenvalue weighted by atomic mass is 35.5. The van der Waals surface area contributed by atoms with Gasteiger partial charge in [0.1, 0.15) is 12.1 Å². The van der Waals surface area contributed by atoms with Crippen LogP contribution in [0.5, 0.6) is 5.75 Å². The molecule has 140 valence electrons. The van der Waals surface area contributed by atoms with Crippen LogP contribution in [0.25, 0.3) is 16.7 Å². The van der Waals surface area contributed by atoms with Gasteiger partial charge in [-0.3, -0.25) is 9.36 Å². The fraction of sp³-hybridized carbons (Fsp3) is 0.0909. The summed E-state index contributed by atoms with van der Waals surface area (Å²) >= 11 is 6.14. The number of aromatic nitrogens is 2. The summed E-state index contributed by atoms with van der Waals surface area (Å²) in [5.41, 5.74) is 3.94. The van der Waals surface area contributed by atoms with E-state index in [9.17, 15) is 4.79 Å². The molecule has 6 heteroatoms. The third-order valence-electron chi connectivity index (χ3n) is 4.55. The number of amides is 1. The van der Waals surface area contributed by atoms with Gasteiger partial charge in [-0.1, -0.05) is 41.9 Å². The van der Waals surface area contributed by atoms with E-state index in [1.165, 1.54) is 0 Å². The van der Waals surface area contributed by atoms with Gasteiger partial charge in [0.2, 0.25) is 0 Å². The molecule has 28 heavy (non-hydrogen) atoms. The van der Waals surface area contributed by atoms with Crippen molar-refractivity contribution in [3.63, 3.8) is 0 Å². The lowest BCUT2D eigenvalue weighted by Gasteiger charge is -2.10. The highest BCUT2D eigenvalue weighted by Crippen LogP contribution is 2.26. The van der Waals surface area contributed by atoms with Crippen LogP contribution in [0, 0.1) is 0 Å². The average Bonchev–Trinajstić information content (AvgIpc) is 3.16. The molecule has 0 spiro atoms. The molecule has 1 aromatic heterocycles. The Morgan fingerprint density at radius 2 is 1.89 bits per heavy atom. The van der Waals surface area contributed by atoms with E-state index in [2.05, 4.69) is 10.3 Å². The van der Waals surface area contributed by atoms with Crippen LogP contribution in [0.2, 0.25) is 5.02 Å². The molecule has 0 atom stereocenters. The molecule has 0 bridgehead atoms. The summed E-state index contributed by atoms with van der Waals surface area (Å²) in [6, 6.07) is 20.6. The quantitative estimate of drug-likeness (QED) is 0.540. The molecular weight excluding hydrogens is 374 g/mol. The van der Waals surface area contributed by atoms with Gasteiger partial charge in [0.15, 0.2) is 0 Å². The van der Waals surface area contributed by atoms with Crippen molar-refractivity contribution in [1.29, 1.82) is 0 Å². The lowest BCUT2D eigenvalue weighted by molar-refractivity contribution is 0.0951. The normalized spacial score (nSPS) is 10.8. The number of hydrogen-bond donors (Lipinski definition) is 1. The second kappa shape index (κ2) is 7.74. The molecule has 4 aromatic rings. The topological polar surface area (TPSA) is 56.2 Å². The molecule has 0 radical (unpaired) electrons. The van der Waals surface area contributed by atoms with Crippen molar-refractivity contribution in [1.82, 2.24) is 14.9 Å². The van der Waals surface area contributed by atoms with Gasteiger partial charge in [-0.15, -0.1) is 0 Å². The summed E-state index contributed by atoms with van der Waals surface area (Å²) in [5, 5.41) is 3.53. The molecule has 0 aliphatic rings. The zero-order valence-corrected chi connectivity index (χ0v) is 16.0. The maximum Gasteiger partial charge on any atom is 0.251 e. The first kappa shape index (κ1) is 18.1. The van der Waals surface area contributed by atoms with Gasteiger partial charge in [0.25, 0.3) is 5.91 Å². The summed E-state index contributed by atoms with van der Waals surface area (Å²) in [7, 11) is 1.64. The highest BCUT2D eigenvalue weighted by Gasteiger charge is 2.12. The number of nitrogens with zero attached hydrogens (tertiary/aromatic N) is 2. The van der Waals surface area contributed by atoms with Gasteiger partial charge in [-0.05, 0) is 42.0 Å². The van der Waals surface area contributed by atoms with E-state index in [1.54, 1.807) is 31.6 Å². The standard InChI is InChI=1S/C22H18ClN3O2/c1-28-21-9-5-4-8-20(21)26-14-25-18-12-15(10-11-19(18)26)22(27)24-13-16-6-2-3-7-17(16)23/h2-12,14H,13H2,1H3,(H,24,27). The van der Waals surface area contributed by atoms with E-state index >= 15 is 0 Å². The van der Waals surface area contributed by atoms with E-state index < -0.39 is 0 Å². The summed E-state index contributed by atoms with van der Waals surface area (Å²) < 4.78 is 7.38. The molecule has 1 amide bonds. The maximum atomic E-state index is 12.5. The second-order valence-corrected chi connectivity index (χ2v) is 6.67. The number of para-hydroxylation sites is 2. The Hall–Kier alpha value is -3.31. The largest absolute Gasteiger partial charge is 0.495 e. The molecule has 3 aromatic carbocycles. The molecule has 0 aliphatic carbocycles. The Morgan fingerprint density at radius 3 is 2.71 bits per heavy atom. The molecular formula is C22H18ClN3O2. The van der Waals surface area contributed by atoms with Crippen molar-refractivity contribution in [2.24, 2.45) is 0 Å². The van der Waals surface area contributed by atoms with Crippen molar-refractivity contribution >= 4 is 28.5 Å². The van der Waals surface area contributed by atoms with E-state index in [0.717, 1.165) is 28.0 Å². The number of hydrogen-bond acceptors (Lipinski definition) is 3. The first-order valence-corrected chi connectivity index (χ1v) is 9.17. The Bertz CT molecular complexity index is 1150. The summed E-state index contributed by atoms with van der Waals surface area (Å²) in [4.78, 5) is 17.0. The molecule has 0 unspecified atom stereocenters. The lowest BCUT2D eigenvalue weighted by Crippen LogP contribution is -2.22. The van der Waals surface area contributed by atoms with Gasteiger partial charge in [0.05, 0.1) is 23.8 Å². The van der Waals surface area contributed by atoms with E-state index in [1.807, 2.05) is 53.1 Å². The van der Waals surface area contributed by atoms with Crippen molar-refractivity contribution in [2.75, 3.05) is 7.11 Å². The molecule has 1 N–H and O–H groups in total. The molecule has 0 aliphatic heterocycles. The monoisotopic (exact) mass is 391 g/mol. The first-order chi connectivity index (χ1) is 13.7. The van der Waals surface area contributed by atoms with Gasteiger partial charge >= 0.3 is 0 Å². The van der Waals surface area contributed by atoms with Crippen LogP contribution in [0.3, 0.4) is 0 Å². The van der Waals surface area contributed by atoms with Crippen LogP contribution >= 0.6 is 11.6 Å². The van der Waals surface area contributed by atoms with Crippen molar-refractivity contribution < 1.29 is 9.53 Å². The molecule has 1 heterocycles. The fourth-order valence-electron chi connectivity index (χ4n) is 3.09. The van der Waals surface area contributed by atoms with Crippen molar-refractivity contribution in [3.05, 3.63) is 89.2 Å². The zero-order valence-electron chi connectivity index (χ0n) is 15.2. The minimum Gasteiger partial charge on any atom is -0.495 e. The average molecular weight is 392 g/mol. The Kier molecular flexibility index (Phi) is 5.00. The SMILES string of the molecule is COc1ccccc1-n1cnc2cc(C(=O)NCc3ccccc3Cl)ccc21. The number of methoxy groups -OCH3 is 1. The number of fused-ring (bicyclic) bond motifs is 1. The van der Waals surface area contributed by atoms with Crippen molar-refractivity contribution in [3.8, 4) is 11.4 Å². The summed E-state index contributed by atoms with van der Waals surface area (Å²) in [6.45, 7) is 0.367. The van der Waals surface area contributed by atoms with Crippen LogP contribution in [-0.2, 0) is 6.54 Å². The maximum absolute atomic E-state index is 12.5. The number of benzene rings is 3. The van der Waals surface area contributed by atoms with Gasteiger partial charge in [-0.25, -0.2) is 4.98 Å². The summed E-state index contributed by atoms with van der Waals surface area (Å²) in [5.74, 6) is 0.581. The van der Waals surface area contributed by atoms with Crippen LogP contribution in [-0.4, -0.2) is 22.6 Å². The van der Waals surface area contributed by atoms with Gasteiger partial charge in [0, 0.05) is 17.1 Å². The number of nitrogens with one attached hydrogen (secondary N) is 1. The van der Waals surface area contributed by atoms with E-state index in [0.29, 0.717) is 17.1 Å². The second-order valence-electron chi connectivity index (χ2n) is 6.26. The zero-order chi connectivity index (χ0) is 19.5. The summed E-state index contributed by atoms with van der Waals surface area (Å²) in [6.07, 6.45) is 1.73. The fourth-order valence-corrected chi connectivity index (χ4v) is 3.30. The Labute approximate surface area is 167 Å². The minimum absolute atomic E-state index is 0.173. The van der Waals surface area contributed by atoms with Crippen molar-refractivity contribution in [2.45, 2.75) is 6.54 Å². The number of ether oxygens (including phenoxy) is 1. The van der Waals surface area contributed by atoms with Crippen LogP contribution in [0.15, 0.2) is 73.1 Å². The van der Waals surface area contributed by atoms with E-state index in [-0.39, 0.29) is 5.91 Å². The minimum atomic E-state index is -0.173. The lowest BCUT2D eigenvalue weighted by atomic mass is 10.1. The predicted molar refractivity (Wildman–Crippen MR) is 110 cm³/mol. The number of imidazole rings is 1. The van der Waals surface area contributed by atoms with Crippen LogP contribution < -0.4 is 10.1 Å². The highest BCUT2D eigenvalue weighted by molar-refractivity contribution is 6.31. The smallest absolute Gasteiger partial charge is 0.251 e. The third-order valence-corrected chi connectivity index (χ3v) is 4.92. The van der Waals surface area contributed by atoms with Crippen LogP contribution in [0.1, 0.15) is 15.9 Å². The number of halogens is 1. The number of carbonyl (C=O) groups excluding carboxylic acids is 1. The molecule has 5 nitrogen and oxygen atoms in total. The third kappa shape index (κ3) is 3.44. The molecule has 0 saturated carbocycles. The van der Waals surface area contributed by atoms with Gasteiger partial charge in [-0.2, -0.15) is 0 Å². The van der Waals surface area contributed by atoms with E-state index in [4.69, 9.17) is 16.3 Å². The molecule has 0 saturated heterocycles. The first-order valence-electron chi connectivity index (χ1n) is 8.79. The Balaban J connectivity index is 1.59. The predicted octanol–water partition coefficient (Wildman–Crippen LogP) is 4.62.